The fraction of sp³-hybridized carbons (Fsp3) is 0.800. The van der Waals surface area contributed by atoms with E-state index in [-0.39, 0.29) is 23.7 Å². The second kappa shape index (κ2) is 4.73. The van der Waals surface area contributed by atoms with Crippen molar-refractivity contribution in [1.29, 1.82) is 0 Å². The van der Waals surface area contributed by atoms with Gasteiger partial charge in [0, 0.05) is 12.2 Å². The van der Waals surface area contributed by atoms with Crippen LogP contribution in [0.5, 0.6) is 0 Å². The highest BCUT2D eigenvalue weighted by atomic mass is 32.2. The topological polar surface area (TPSA) is 98.7 Å². The highest BCUT2D eigenvalue weighted by molar-refractivity contribution is 8.00. The van der Waals surface area contributed by atoms with Crippen LogP contribution in [0.2, 0.25) is 0 Å². The standard InChI is InChI=1S/C10H16N2O4S/c13-8(14)4-2-1-3-7-10(16)6(5-17-7)11-9(15)12-10/h6-7,16H,1-5H2,(H,13,14)(H2,11,12,15)/t6-,7-,10?/m1/s1. The molecule has 4 N–H and O–H groups in total. The Morgan fingerprint density at radius 1 is 1.53 bits per heavy atom. The molecule has 0 bridgehead atoms. The smallest absolute Gasteiger partial charge is 0.317 e. The van der Waals surface area contributed by atoms with Crippen molar-refractivity contribution in [3.63, 3.8) is 0 Å². The molecule has 0 aliphatic carbocycles. The number of hydrogen-bond donors (Lipinski definition) is 4. The number of unbranched alkanes of at least 4 members (excludes halogenated alkanes) is 1. The van der Waals surface area contributed by atoms with Gasteiger partial charge in [0.05, 0.1) is 11.3 Å². The number of aliphatic carboxylic acids is 1. The zero-order valence-electron chi connectivity index (χ0n) is 9.31. The van der Waals surface area contributed by atoms with Crippen molar-refractivity contribution in [1.82, 2.24) is 10.6 Å². The Morgan fingerprint density at radius 3 is 3.00 bits per heavy atom. The molecule has 2 aliphatic rings. The van der Waals surface area contributed by atoms with Gasteiger partial charge < -0.3 is 20.8 Å². The van der Waals surface area contributed by atoms with E-state index >= 15 is 0 Å². The van der Waals surface area contributed by atoms with Gasteiger partial charge in [-0.2, -0.15) is 11.8 Å². The number of carbonyl (C=O) groups excluding carboxylic acids is 1. The first-order valence-electron chi connectivity index (χ1n) is 5.67. The number of nitrogens with one attached hydrogen (secondary N) is 2. The van der Waals surface area contributed by atoms with Gasteiger partial charge in [0.2, 0.25) is 0 Å². The highest BCUT2D eigenvalue weighted by Crippen LogP contribution is 2.39. The van der Waals surface area contributed by atoms with Crippen LogP contribution in [0.4, 0.5) is 4.79 Å². The first kappa shape index (κ1) is 12.5. The molecule has 2 amide bonds. The van der Waals surface area contributed by atoms with Crippen molar-refractivity contribution < 1.29 is 19.8 Å². The largest absolute Gasteiger partial charge is 0.481 e. The number of aliphatic hydroxyl groups is 1. The van der Waals surface area contributed by atoms with Crippen LogP contribution in [0, 0.1) is 0 Å². The summed E-state index contributed by atoms with van der Waals surface area (Å²) < 4.78 is 0. The van der Waals surface area contributed by atoms with E-state index in [9.17, 15) is 14.7 Å². The molecule has 17 heavy (non-hydrogen) atoms. The molecule has 1 unspecified atom stereocenters. The number of fused-ring (bicyclic) bond motifs is 1. The Balaban J connectivity index is 1.82. The number of urea groups is 1. The first-order chi connectivity index (χ1) is 8.02. The van der Waals surface area contributed by atoms with E-state index < -0.39 is 11.7 Å². The summed E-state index contributed by atoms with van der Waals surface area (Å²) in [5.41, 5.74) is -1.16. The van der Waals surface area contributed by atoms with Gasteiger partial charge >= 0.3 is 12.0 Å². The van der Waals surface area contributed by atoms with E-state index in [4.69, 9.17) is 5.11 Å². The molecule has 2 saturated heterocycles. The third-order valence-electron chi connectivity index (χ3n) is 3.21. The van der Waals surface area contributed by atoms with Gasteiger partial charge in [-0.05, 0) is 12.8 Å². The van der Waals surface area contributed by atoms with Gasteiger partial charge in [0.25, 0.3) is 0 Å². The summed E-state index contributed by atoms with van der Waals surface area (Å²) >= 11 is 1.62. The maximum atomic E-state index is 11.2. The highest BCUT2D eigenvalue weighted by Gasteiger charge is 2.55. The Labute approximate surface area is 103 Å². The van der Waals surface area contributed by atoms with Crippen molar-refractivity contribution in [3.05, 3.63) is 0 Å². The predicted molar refractivity (Wildman–Crippen MR) is 62.8 cm³/mol. The van der Waals surface area contributed by atoms with E-state index in [1.807, 2.05) is 0 Å². The van der Waals surface area contributed by atoms with Crippen LogP contribution in [0.1, 0.15) is 25.7 Å². The third-order valence-corrected chi connectivity index (χ3v) is 4.74. The molecule has 0 saturated carbocycles. The number of carboxylic acid groups (broad SMARTS) is 1. The van der Waals surface area contributed by atoms with Crippen molar-refractivity contribution in [3.8, 4) is 0 Å². The Morgan fingerprint density at radius 2 is 2.29 bits per heavy atom. The van der Waals surface area contributed by atoms with Gasteiger partial charge in [-0.15, -0.1) is 0 Å². The fourth-order valence-corrected chi connectivity index (χ4v) is 3.87. The molecule has 2 aliphatic heterocycles. The van der Waals surface area contributed by atoms with E-state index in [0.717, 1.165) is 6.42 Å². The van der Waals surface area contributed by atoms with Crippen molar-refractivity contribution in [2.75, 3.05) is 5.75 Å². The van der Waals surface area contributed by atoms with Gasteiger partial charge in [-0.25, -0.2) is 4.79 Å². The summed E-state index contributed by atoms with van der Waals surface area (Å²) in [6.45, 7) is 0. The Hall–Kier alpha value is -0.950. The number of rotatable bonds is 5. The summed E-state index contributed by atoms with van der Waals surface area (Å²) in [4.78, 5) is 21.5. The lowest BCUT2D eigenvalue weighted by atomic mass is 9.99. The molecule has 0 spiro atoms. The summed E-state index contributed by atoms with van der Waals surface area (Å²) in [6, 6.07) is -0.558. The third kappa shape index (κ3) is 2.50. The minimum atomic E-state index is -1.16. The van der Waals surface area contributed by atoms with Crippen LogP contribution in [0.25, 0.3) is 0 Å². The lowest BCUT2D eigenvalue weighted by Gasteiger charge is -2.27. The van der Waals surface area contributed by atoms with E-state index in [2.05, 4.69) is 10.6 Å². The quantitative estimate of drug-likeness (QED) is 0.415. The van der Waals surface area contributed by atoms with Gasteiger partial charge in [-0.3, -0.25) is 4.79 Å². The van der Waals surface area contributed by atoms with Gasteiger partial charge in [-0.1, -0.05) is 6.42 Å². The van der Waals surface area contributed by atoms with Crippen LogP contribution in [0.3, 0.4) is 0 Å². The molecule has 2 fully saturated rings. The van der Waals surface area contributed by atoms with E-state index in [1.54, 1.807) is 11.8 Å². The molecule has 0 radical (unpaired) electrons. The van der Waals surface area contributed by atoms with Crippen LogP contribution >= 0.6 is 11.8 Å². The molecule has 0 aromatic carbocycles. The van der Waals surface area contributed by atoms with Crippen molar-refractivity contribution in [2.45, 2.75) is 42.7 Å². The zero-order valence-corrected chi connectivity index (χ0v) is 10.1. The van der Waals surface area contributed by atoms with Crippen molar-refractivity contribution >= 4 is 23.8 Å². The number of carbonyl (C=O) groups is 2. The normalized spacial score (nSPS) is 35.2. The minimum Gasteiger partial charge on any atom is -0.481 e. The van der Waals surface area contributed by atoms with Crippen LogP contribution in [0.15, 0.2) is 0 Å². The summed E-state index contributed by atoms with van der Waals surface area (Å²) in [6.07, 6.45) is 2.22. The zero-order chi connectivity index (χ0) is 12.5. The van der Waals surface area contributed by atoms with E-state index in [0.29, 0.717) is 18.6 Å². The molecular weight excluding hydrogens is 244 g/mol. The molecule has 6 nitrogen and oxygen atoms in total. The fourth-order valence-electron chi connectivity index (χ4n) is 2.30. The maximum absolute atomic E-state index is 11.2. The minimum absolute atomic E-state index is 0.0553. The number of hydrogen-bond acceptors (Lipinski definition) is 4. The molecule has 7 heteroatoms. The lowest BCUT2D eigenvalue weighted by molar-refractivity contribution is -0.137. The second-order valence-corrected chi connectivity index (χ2v) is 5.67. The summed E-state index contributed by atoms with van der Waals surface area (Å²) in [5.74, 6) is -0.102. The predicted octanol–water partition coefficient (Wildman–Crippen LogP) is 0.117. The maximum Gasteiger partial charge on any atom is 0.317 e. The van der Waals surface area contributed by atoms with Crippen LogP contribution in [-0.4, -0.2) is 45.0 Å². The molecular formula is C10H16N2O4S. The summed E-state index contributed by atoms with van der Waals surface area (Å²) in [7, 11) is 0. The molecule has 2 heterocycles. The average molecular weight is 260 g/mol. The molecule has 0 aromatic rings. The summed E-state index contributed by atoms with van der Waals surface area (Å²) in [5, 5.41) is 24.0. The first-order valence-corrected chi connectivity index (χ1v) is 6.71. The van der Waals surface area contributed by atoms with Crippen LogP contribution < -0.4 is 10.6 Å². The van der Waals surface area contributed by atoms with E-state index in [1.165, 1.54) is 0 Å². The molecule has 2 rings (SSSR count). The van der Waals surface area contributed by atoms with Crippen LogP contribution in [-0.2, 0) is 4.79 Å². The Kier molecular flexibility index (Phi) is 3.48. The molecule has 0 aromatic heterocycles. The molecule has 3 atom stereocenters. The second-order valence-electron chi connectivity index (χ2n) is 4.44. The SMILES string of the molecule is O=C(O)CCCC[C@H]1SC[C@H]2NC(=O)NC21O. The van der Waals surface area contributed by atoms with Crippen molar-refractivity contribution in [2.24, 2.45) is 0 Å². The van der Waals surface area contributed by atoms with Gasteiger partial charge in [0.15, 0.2) is 5.72 Å². The number of carboxylic acids is 1. The lowest BCUT2D eigenvalue weighted by Crippen LogP contribution is -2.53. The molecule has 96 valence electrons. The monoisotopic (exact) mass is 260 g/mol. The Bertz CT molecular complexity index is 338. The average Bonchev–Trinajstić information content (AvgIpc) is 2.66. The van der Waals surface area contributed by atoms with Gasteiger partial charge in [0.1, 0.15) is 0 Å². The number of thioether (sulfide) groups is 1. The number of amides is 2.